The van der Waals surface area contributed by atoms with Crippen LogP contribution in [0.25, 0.3) is 0 Å². The number of hydrogen-bond acceptors (Lipinski definition) is 4. The summed E-state index contributed by atoms with van der Waals surface area (Å²) in [6.07, 6.45) is 3.56. The molecule has 0 bridgehead atoms. The number of benzene rings is 1. The molecule has 1 unspecified atom stereocenters. The van der Waals surface area contributed by atoms with E-state index in [9.17, 15) is 9.59 Å². The maximum Gasteiger partial charge on any atom is 0.338 e. The summed E-state index contributed by atoms with van der Waals surface area (Å²) in [5.41, 5.74) is 1.16. The summed E-state index contributed by atoms with van der Waals surface area (Å²) < 4.78 is 10.4. The van der Waals surface area contributed by atoms with E-state index in [1.165, 1.54) is 0 Å². The Kier molecular flexibility index (Phi) is 5.75. The van der Waals surface area contributed by atoms with Crippen molar-refractivity contribution >= 4 is 17.6 Å². The topological polar surface area (TPSA) is 64.6 Å². The lowest BCUT2D eigenvalue weighted by Gasteiger charge is -2.09. The number of rotatable bonds is 6. The van der Waals surface area contributed by atoms with E-state index in [-0.39, 0.29) is 18.0 Å². The number of hydrogen-bond donors (Lipinski definition) is 1. The Morgan fingerprint density at radius 3 is 2.71 bits per heavy atom. The maximum absolute atomic E-state index is 11.8. The van der Waals surface area contributed by atoms with Crippen LogP contribution in [0, 0.1) is 0 Å². The van der Waals surface area contributed by atoms with Crippen molar-refractivity contribution in [3.05, 3.63) is 29.8 Å². The molecule has 1 aromatic carbocycles. The molecule has 21 heavy (non-hydrogen) atoms. The highest BCUT2D eigenvalue weighted by molar-refractivity contribution is 5.93. The lowest BCUT2D eigenvalue weighted by molar-refractivity contribution is -0.116. The fourth-order valence-corrected chi connectivity index (χ4v) is 2.29. The standard InChI is InChI=1S/C16H21NO4/c1-2-20-16(19)12-5-7-13(8-6-12)17-15(18)10-9-14-4-3-11-21-14/h5-8,14H,2-4,9-11H2,1H3,(H,17,18). The van der Waals surface area contributed by atoms with Crippen molar-refractivity contribution in [2.45, 2.75) is 38.7 Å². The van der Waals surface area contributed by atoms with Crippen molar-refractivity contribution in [2.75, 3.05) is 18.5 Å². The molecule has 2 rings (SSSR count). The van der Waals surface area contributed by atoms with Crippen LogP contribution in [-0.4, -0.2) is 31.2 Å². The van der Waals surface area contributed by atoms with E-state index >= 15 is 0 Å². The average molecular weight is 291 g/mol. The molecule has 0 saturated carbocycles. The fraction of sp³-hybridized carbons (Fsp3) is 0.500. The van der Waals surface area contributed by atoms with Gasteiger partial charge in [0.1, 0.15) is 0 Å². The number of esters is 1. The van der Waals surface area contributed by atoms with Gasteiger partial charge in [-0.3, -0.25) is 4.79 Å². The molecule has 1 aromatic rings. The van der Waals surface area contributed by atoms with Crippen LogP contribution in [0.3, 0.4) is 0 Å². The molecule has 1 atom stereocenters. The van der Waals surface area contributed by atoms with E-state index < -0.39 is 0 Å². The zero-order chi connectivity index (χ0) is 15.1. The minimum absolute atomic E-state index is 0.0330. The van der Waals surface area contributed by atoms with Gasteiger partial charge in [-0.05, 0) is 50.5 Å². The average Bonchev–Trinajstić information content (AvgIpc) is 2.99. The van der Waals surface area contributed by atoms with Gasteiger partial charge in [-0.25, -0.2) is 4.79 Å². The van der Waals surface area contributed by atoms with E-state index in [0.717, 1.165) is 25.9 Å². The third-order valence-corrected chi connectivity index (χ3v) is 3.40. The van der Waals surface area contributed by atoms with Crippen molar-refractivity contribution in [1.82, 2.24) is 0 Å². The van der Waals surface area contributed by atoms with Crippen molar-refractivity contribution < 1.29 is 19.1 Å². The Bertz CT molecular complexity index is 478. The van der Waals surface area contributed by atoms with E-state index in [1.807, 2.05) is 0 Å². The summed E-state index contributed by atoms with van der Waals surface area (Å²) >= 11 is 0. The molecule has 1 aliphatic heterocycles. The quantitative estimate of drug-likeness (QED) is 0.819. The molecular weight excluding hydrogens is 270 g/mol. The highest BCUT2D eigenvalue weighted by Crippen LogP contribution is 2.17. The van der Waals surface area contributed by atoms with Crippen molar-refractivity contribution in [3.63, 3.8) is 0 Å². The Morgan fingerprint density at radius 1 is 1.33 bits per heavy atom. The molecule has 1 saturated heterocycles. The van der Waals surface area contributed by atoms with Gasteiger partial charge in [0.05, 0.1) is 18.3 Å². The van der Waals surface area contributed by atoms with Gasteiger partial charge in [-0.2, -0.15) is 0 Å². The van der Waals surface area contributed by atoms with Crippen LogP contribution in [0.5, 0.6) is 0 Å². The summed E-state index contributed by atoms with van der Waals surface area (Å²) in [6, 6.07) is 6.70. The van der Waals surface area contributed by atoms with Gasteiger partial charge in [0.25, 0.3) is 0 Å². The van der Waals surface area contributed by atoms with Gasteiger partial charge in [0.15, 0.2) is 0 Å². The molecule has 0 aromatic heterocycles. The second-order valence-corrected chi connectivity index (χ2v) is 5.02. The lowest BCUT2D eigenvalue weighted by Crippen LogP contribution is -2.15. The Hall–Kier alpha value is -1.88. The number of ether oxygens (including phenoxy) is 2. The molecule has 1 N–H and O–H groups in total. The van der Waals surface area contributed by atoms with E-state index in [0.29, 0.717) is 24.3 Å². The minimum atomic E-state index is -0.353. The van der Waals surface area contributed by atoms with Crippen LogP contribution < -0.4 is 5.32 Å². The van der Waals surface area contributed by atoms with Crippen molar-refractivity contribution in [2.24, 2.45) is 0 Å². The van der Waals surface area contributed by atoms with Crippen LogP contribution in [-0.2, 0) is 14.3 Å². The Balaban J connectivity index is 1.79. The first-order chi connectivity index (χ1) is 10.2. The highest BCUT2D eigenvalue weighted by atomic mass is 16.5. The second-order valence-electron chi connectivity index (χ2n) is 5.02. The van der Waals surface area contributed by atoms with Gasteiger partial charge in [-0.1, -0.05) is 0 Å². The monoisotopic (exact) mass is 291 g/mol. The largest absolute Gasteiger partial charge is 0.462 e. The third-order valence-electron chi connectivity index (χ3n) is 3.40. The number of carbonyl (C=O) groups excluding carboxylic acids is 2. The number of carbonyl (C=O) groups is 2. The molecule has 1 fully saturated rings. The smallest absolute Gasteiger partial charge is 0.338 e. The SMILES string of the molecule is CCOC(=O)c1ccc(NC(=O)CCC2CCCO2)cc1. The second kappa shape index (κ2) is 7.78. The maximum atomic E-state index is 11.8. The zero-order valence-corrected chi connectivity index (χ0v) is 12.3. The molecule has 0 aliphatic carbocycles. The van der Waals surface area contributed by atoms with Gasteiger partial charge in [0.2, 0.25) is 5.91 Å². The molecule has 1 aliphatic rings. The summed E-state index contributed by atoms with van der Waals surface area (Å²) in [5.74, 6) is -0.386. The molecule has 1 amide bonds. The summed E-state index contributed by atoms with van der Waals surface area (Å²) in [4.78, 5) is 23.3. The number of amides is 1. The zero-order valence-electron chi connectivity index (χ0n) is 12.3. The molecule has 1 heterocycles. The van der Waals surface area contributed by atoms with Crippen LogP contribution in [0.1, 0.15) is 43.0 Å². The van der Waals surface area contributed by atoms with Crippen LogP contribution >= 0.6 is 0 Å². The summed E-state index contributed by atoms with van der Waals surface area (Å²) in [5, 5.41) is 2.82. The Morgan fingerprint density at radius 2 is 2.10 bits per heavy atom. The molecule has 0 spiro atoms. The summed E-state index contributed by atoms with van der Waals surface area (Å²) in [7, 11) is 0. The lowest BCUT2D eigenvalue weighted by atomic mass is 10.1. The highest BCUT2D eigenvalue weighted by Gasteiger charge is 2.16. The predicted molar refractivity (Wildman–Crippen MR) is 79.2 cm³/mol. The van der Waals surface area contributed by atoms with E-state index in [1.54, 1.807) is 31.2 Å². The van der Waals surface area contributed by atoms with Gasteiger partial charge in [-0.15, -0.1) is 0 Å². The van der Waals surface area contributed by atoms with Crippen molar-refractivity contribution in [1.29, 1.82) is 0 Å². The summed E-state index contributed by atoms with van der Waals surface area (Å²) in [6.45, 7) is 2.92. The molecular formula is C16H21NO4. The van der Waals surface area contributed by atoms with Crippen LogP contribution in [0.2, 0.25) is 0 Å². The van der Waals surface area contributed by atoms with E-state index in [2.05, 4.69) is 5.32 Å². The Labute approximate surface area is 124 Å². The van der Waals surface area contributed by atoms with Gasteiger partial charge >= 0.3 is 5.97 Å². The molecule has 5 heteroatoms. The van der Waals surface area contributed by atoms with Crippen LogP contribution in [0.15, 0.2) is 24.3 Å². The molecule has 0 radical (unpaired) electrons. The first-order valence-electron chi connectivity index (χ1n) is 7.37. The van der Waals surface area contributed by atoms with Gasteiger partial charge in [0, 0.05) is 18.7 Å². The molecule has 5 nitrogen and oxygen atoms in total. The number of anilines is 1. The number of nitrogens with one attached hydrogen (secondary N) is 1. The van der Waals surface area contributed by atoms with Gasteiger partial charge < -0.3 is 14.8 Å². The minimum Gasteiger partial charge on any atom is -0.462 e. The first-order valence-corrected chi connectivity index (χ1v) is 7.37. The van der Waals surface area contributed by atoms with E-state index in [4.69, 9.17) is 9.47 Å². The first kappa shape index (κ1) is 15.5. The normalized spacial score (nSPS) is 17.5. The van der Waals surface area contributed by atoms with Crippen molar-refractivity contribution in [3.8, 4) is 0 Å². The van der Waals surface area contributed by atoms with Crippen LogP contribution in [0.4, 0.5) is 5.69 Å². The predicted octanol–water partition coefficient (Wildman–Crippen LogP) is 2.76. The third kappa shape index (κ3) is 4.86. The fourth-order valence-electron chi connectivity index (χ4n) is 2.29. The molecule has 114 valence electrons.